The first-order chi connectivity index (χ1) is 11.5. The maximum Gasteiger partial charge on any atom is 0.273 e. The molecule has 2 aliphatic rings. The molecule has 8 heteroatoms. The zero-order valence-corrected chi connectivity index (χ0v) is 15.3. The third-order valence-electron chi connectivity index (χ3n) is 5.09. The number of likely N-dealkylation sites (N-methyl/N-ethyl adjacent to an activating group) is 1. The van der Waals surface area contributed by atoms with Crippen molar-refractivity contribution in [3.05, 3.63) is 11.4 Å². The van der Waals surface area contributed by atoms with Crippen LogP contribution in [0.2, 0.25) is 0 Å². The second-order valence-corrected chi connectivity index (χ2v) is 7.70. The van der Waals surface area contributed by atoms with Crippen LogP contribution in [-0.2, 0) is 4.79 Å². The monoisotopic (exact) mass is 351 g/mol. The number of amides is 2. The lowest BCUT2D eigenvalue weighted by molar-refractivity contribution is -0.131. The molecule has 1 aliphatic carbocycles. The van der Waals surface area contributed by atoms with E-state index in [1.165, 1.54) is 0 Å². The Morgan fingerprint density at radius 3 is 2.75 bits per heavy atom. The van der Waals surface area contributed by atoms with Gasteiger partial charge in [-0.2, -0.15) is 8.75 Å². The number of aryl methyl sites for hydroxylation is 1. The van der Waals surface area contributed by atoms with Gasteiger partial charge in [-0.15, -0.1) is 0 Å². The summed E-state index contributed by atoms with van der Waals surface area (Å²) in [6.07, 6.45) is 3.20. The molecule has 132 valence electrons. The van der Waals surface area contributed by atoms with E-state index >= 15 is 0 Å². The Morgan fingerprint density at radius 2 is 2.08 bits per heavy atom. The Bertz CT molecular complexity index is 617. The van der Waals surface area contributed by atoms with Crippen LogP contribution in [0.5, 0.6) is 0 Å². The van der Waals surface area contributed by atoms with Crippen molar-refractivity contribution in [2.75, 3.05) is 33.7 Å². The molecule has 2 amide bonds. The zero-order valence-electron chi connectivity index (χ0n) is 14.5. The topological polar surface area (TPSA) is 78.4 Å². The van der Waals surface area contributed by atoms with E-state index in [4.69, 9.17) is 0 Å². The van der Waals surface area contributed by atoms with Crippen molar-refractivity contribution in [1.29, 1.82) is 0 Å². The number of likely N-dealkylation sites (tertiary alicyclic amines) is 1. The van der Waals surface area contributed by atoms with Gasteiger partial charge in [-0.3, -0.25) is 9.59 Å². The fourth-order valence-corrected chi connectivity index (χ4v) is 4.45. The van der Waals surface area contributed by atoms with Crippen molar-refractivity contribution in [2.45, 2.75) is 32.2 Å². The number of aromatic nitrogens is 2. The molecule has 0 aromatic carbocycles. The number of rotatable bonds is 4. The molecule has 7 nitrogen and oxygen atoms in total. The molecule has 3 rings (SSSR count). The second-order valence-electron chi connectivity index (χ2n) is 7.17. The summed E-state index contributed by atoms with van der Waals surface area (Å²) in [4.78, 5) is 28.7. The molecule has 0 bridgehead atoms. The first-order valence-corrected chi connectivity index (χ1v) is 9.21. The maximum absolute atomic E-state index is 12.5. The number of nitrogens with zero attached hydrogens (tertiary/aromatic N) is 4. The highest BCUT2D eigenvalue weighted by Crippen LogP contribution is 2.36. The van der Waals surface area contributed by atoms with E-state index < -0.39 is 0 Å². The lowest BCUT2D eigenvalue weighted by Gasteiger charge is -2.33. The molecule has 0 spiro atoms. The first kappa shape index (κ1) is 17.3. The van der Waals surface area contributed by atoms with Crippen LogP contribution in [-0.4, -0.2) is 70.1 Å². The van der Waals surface area contributed by atoms with E-state index in [1.54, 1.807) is 6.92 Å². The van der Waals surface area contributed by atoms with E-state index in [0.717, 1.165) is 44.1 Å². The summed E-state index contributed by atoms with van der Waals surface area (Å²) in [5, 5.41) is 3.15. The number of fused-ring (bicyclic) bond motifs is 1. The normalized spacial score (nSPS) is 26.5. The van der Waals surface area contributed by atoms with Crippen molar-refractivity contribution in [3.8, 4) is 0 Å². The highest BCUT2D eigenvalue weighted by molar-refractivity contribution is 6.99. The van der Waals surface area contributed by atoms with Gasteiger partial charge in [-0.25, -0.2) is 0 Å². The molecule has 24 heavy (non-hydrogen) atoms. The molecular weight excluding hydrogens is 326 g/mol. The van der Waals surface area contributed by atoms with Crippen LogP contribution < -0.4 is 5.32 Å². The molecular formula is C16H25N5O2S. The molecule has 1 aromatic rings. The largest absolute Gasteiger partial charge is 0.348 e. The Labute approximate surface area is 146 Å². The number of nitrogens with one attached hydrogen (secondary N) is 1. The summed E-state index contributed by atoms with van der Waals surface area (Å²) in [6.45, 7) is 3.82. The SMILES string of the molecule is Cc1nsnc1C(=O)N[C@H]1CCC[C@H]2CN(C(=O)CN(C)C)C[C@H]21. The molecule has 1 saturated heterocycles. The summed E-state index contributed by atoms with van der Waals surface area (Å²) < 4.78 is 8.16. The van der Waals surface area contributed by atoms with Gasteiger partial charge in [0.05, 0.1) is 24.0 Å². The lowest BCUT2D eigenvalue weighted by Crippen LogP contribution is -2.46. The number of carbonyl (C=O) groups is 2. The lowest BCUT2D eigenvalue weighted by atomic mass is 9.78. The van der Waals surface area contributed by atoms with Gasteiger partial charge in [0.1, 0.15) is 0 Å². The molecule has 0 unspecified atom stereocenters. The van der Waals surface area contributed by atoms with Crippen LogP contribution in [0, 0.1) is 18.8 Å². The summed E-state index contributed by atoms with van der Waals surface area (Å²) in [5.41, 5.74) is 1.11. The smallest absolute Gasteiger partial charge is 0.273 e. The summed E-state index contributed by atoms with van der Waals surface area (Å²) >= 11 is 1.07. The fourth-order valence-electron chi connectivity index (χ4n) is 3.90. The fraction of sp³-hybridized carbons (Fsp3) is 0.750. The standard InChI is InChI=1S/C16H25N5O2S/c1-10-15(19-24-18-10)16(23)17-13-6-4-5-11-7-21(8-12(11)13)14(22)9-20(2)3/h11-13H,4-9H2,1-3H3,(H,17,23)/t11-,12+,13-/m0/s1. The van der Waals surface area contributed by atoms with Gasteiger partial charge in [-0.05, 0) is 39.8 Å². The third-order valence-corrected chi connectivity index (χ3v) is 5.71. The Kier molecular flexibility index (Phi) is 5.15. The molecule has 0 radical (unpaired) electrons. The second kappa shape index (κ2) is 7.14. The van der Waals surface area contributed by atoms with Crippen molar-refractivity contribution >= 4 is 23.5 Å². The highest BCUT2D eigenvalue weighted by atomic mass is 32.1. The van der Waals surface area contributed by atoms with Crippen molar-refractivity contribution in [2.24, 2.45) is 11.8 Å². The van der Waals surface area contributed by atoms with Crippen LogP contribution in [0.3, 0.4) is 0 Å². The van der Waals surface area contributed by atoms with Crippen LogP contribution in [0.25, 0.3) is 0 Å². The third kappa shape index (κ3) is 3.59. The first-order valence-electron chi connectivity index (χ1n) is 8.48. The van der Waals surface area contributed by atoms with Crippen molar-refractivity contribution in [3.63, 3.8) is 0 Å². The highest BCUT2D eigenvalue weighted by Gasteiger charge is 2.42. The van der Waals surface area contributed by atoms with Gasteiger partial charge in [-0.1, -0.05) is 6.42 Å². The van der Waals surface area contributed by atoms with E-state index in [0.29, 0.717) is 29.8 Å². The number of carbonyl (C=O) groups excluding carboxylic acids is 2. The van der Waals surface area contributed by atoms with E-state index in [9.17, 15) is 9.59 Å². The van der Waals surface area contributed by atoms with E-state index in [2.05, 4.69) is 14.1 Å². The molecule has 1 saturated carbocycles. The minimum absolute atomic E-state index is 0.120. The predicted molar refractivity (Wildman–Crippen MR) is 91.9 cm³/mol. The Hall–Kier alpha value is -1.54. The van der Waals surface area contributed by atoms with Crippen LogP contribution in [0.1, 0.15) is 35.4 Å². The van der Waals surface area contributed by atoms with Gasteiger partial charge < -0.3 is 15.1 Å². The van der Waals surface area contributed by atoms with Crippen LogP contribution in [0.4, 0.5) is 0 Å². The molecule has 3 atom stereocenters. The Balaban J connectivity index is 1.64. The van der Waals surface area contributed by atoms with E-state index in [-0.39, 0.29) is 17.9 Å². The van der Waals surface area contributed by atoms with E-state index in [1.807, 2.05) is 23.9 Å². The Morgan fingerprint density at radius 1 is 1.29 bits per heavy atom. The average Bonchev–Trinajstić information content (AvgIpc) is 3.13. The molecule has 2 fully saturated rings. The van der Waals surface area contributed by atoms with Crippen LogP contribution >= 0.6 is 11.7 Å². The maximum atomic E-state index is 12.5. The summed E-state index contributed by atoms with van der Waals surface area (Å²) in [5.74, 6) is 0.884. The predicted octanol–water partition coefficient (Wildman–Crippen LogP) is 0.765. The zero-order chi connectivity index (χ0) is 17.3. The quantitative estimate of drug-likeness (QED) is 0.867. The number of hydrogen-bond donors (Lipinski definition) is 1. The van der Waals surface area contributed by atoms with Crippen molar-refractivity contribution in [1.82, 2.24) is 23.9 Å². The van der Waals surface area contributed by atoms with Crippen molar-refractivity contribution < 1.29 is 9.59 Å². The van der Waals surface area contributed by atoms with Gasteiger partial charge >= 0.3 is 0 Å². The summed E-state index contributed by atoms with van der Waals surface area (Å²) in [6, 6.07) is 0.120. The molecule has 1 N–H and O–H groups in total. The molecule has 1 aliphatic heterocycles. The number of hydrogen-bond acceptors (Lipinski definition) is 6. The minimum Gasteiger partial charge on any atom is -0.348 e. The van der Waals surface area contributed by atoms with Gasteiger partial charge in [0.2, 0.25) is 5.91 Å². The van der Waals surface area contributed by atoms with Gasteiger partial charge in [0.25, 0.3) is 5.91 Å². The average molecular weight is 351 g/mol. The molecule has 2 heterocycles. The minimum atomic E-state index is -0.134. The molecule has 1 aromatic heterocycles. The summed E-state index contributed by atoms with van der Waals surface area (Å²) in [7, 11) is 3.82. The van der Waals surface area contributed by atoms with Gasteiger partial charge in [0.15, 0.2) is 5.69 Å². The van der Waals surface area contributed by atoms with Crippen LogP contribution in [0.15, 0.2) is 0 Å². The van der Waals surface area contributed by atoms with Gasteiger partial charge in [0, 0.05) is 25.0 Å².